The molecule has 0 aromatic rings. The summed E-state index contributed by atoms with van der Waals surface area (Å²) >= 11 is 0. The molecule has 0 amide bonds. The molecule has 0 bridgehead atoms. The van der Waals surface area contributed by atoms with Crippen molar-refractivity contribution in [2.24, 2.45) is 0 Å². The normalized spacial score (nSPS) is 18.4. The van der Waals surface area contributed by atoms with Crippen LogP contribution in [0.2, 0.25) is 0 Å². The number of hydrogen-bond acceptors (Lipinski definition) is 1. The lowest BCUT2D eigenvalue weighted by Gasteiger charge is -2.19. The maximum Gasteiger partial charge on any atom is 0.0137 e. The van der Waals surface area contributed by atoms with E-state index in [0.29, 0.717) is 0 Å². The zero-order valence-corrected chi connectivity index (χ0v) is 7.54. The summed E-state index contributed by atoms with van der Waals surface area (Å²) in [7, 11) is 0. The summed E-state index contributed by atoms with van der Waals surface area (Å²) in [6.45, 7) is 8.06. The van der Waals surface area contributed by atoms with Crippen LogP contribution in [0.4, 0.5) is 0 Å². The van der Waals surface area contributed by atoms with Crippen LogP contribution in [0.15, 0.2) is 23.5 Å². The summed E-state index contributed by atoms with van der Waals surface area (Å²) < 4.78 is 0. The summed E-state index contributed by atoms with van der Waals surface area (Å²) in [5.41, 5.74) is 3.98. The molecule has 0 radical (unpaired) electrons. The van der Waals surface area contributed by atoms with Gasteiger partial charge in [-0.25, -0.2) is 0 Å². The fourth-order valence-corrected chi connectivity index (χ4v) is 1.48. The highest BCUT2D eigenvalue weighted by Crippen LogP contribution is 2.22. The van der Waals surface area contributed by atoms with E-state index in [1.54, 1.807) is 0 Å². The van der Waals surface area contributed by atoms with Crippen molar-refractivity contribution in [3.8, 4) is 0 Å². The van der Waals surface area contributed by atoms with Crippen molar-refractivity contribution < 1.29 is 0 Å². The van der Waals surface area contributed by atoms with Crippen molar-refractivity contribution in [3.63, 3.8) is 0 Å². The van der Waals surface area contributed by atoms with Gasteiger partial charge in [0, 0.05) is 11.4 Å². The molecule has 11 heavy (non-hydrogen) atoms. The molecule has 0 aromatic heterocycles. The molecule has 0 spiro atoms. The largest absolute Gasteiger partial charge is 0.363 e. The third-order valence-electron chi connectivity index (χ3n) is 2.11. The predicted octanol–water partition coefficient (Wildman–Crippen LogP) is 2.96. The van der Waals surface area contributed by atoms with Gasteiger partial charge in [-0.05, 0) is 39.5 Å². The van der Waals surface area contributed by atoms with Gasteiger partial charge in [-0.1, -0.05) is 12.2 Å². The predicted molar refractivity (Wildman–Crippen MR) is 49.1 cm³/mol. The first-order valence-corrected chi connectivity index (χ1v) is 4.31. The maximum atomic E-state index is 3.84. The third kappa shape index (κ3) is 2.41. The molecular formula is C10H17N. The highest BCUT2D eigenvalue weighted by atomic mass is 14.9. The second-order valence-corrected chi connectivity index (χ2v) is 3.37. The lowest BCUT2D eigenvalue weighted by atomic mass is 9.97. The van der Waals surface area contributed by atoms with Gasteiger partial charge in [0.15, 0.2) is 0 Å². The van der Waals surface area contributed by atoms with Gasteiger partial charge in [-0.15, -0.1) is 0 Å². The van der Waals surface area contributed by atoms with Crippen LogP contribution in [0, 0.1) is 0 Å². The molecule has 0 unspecified atom stereocenters. The van der Waals surface area contributed by atoms with Crippen molar-refractivity contribution in [2.75, 3.05) is 0 Å². The minimum absolute atomic E-state index is 1.06. The quantitative estimate of drug-likeness (QED) is 0.639. The highest BCUT2D eigenvalue weighted by Gasteiger charge is 2.07. The zero-order valence-electron chi connectivity index (χ0n) is 7.54. The second-order valence-electron chi connectivity index (χ2n) is 3.37. The number of allylic oxidation sites excluding steroid dienone is 3. The molecule has 62 valence electrons. The molecule has 1 N–H and O–H groups in total. The Labute approximate surface area is 69.2 Å². The molecule has 1 heteroatoms. The molecular weight excluding hydrogens is 134 g/mol. The Kier molecular flexibility index (Phi) is 2.75. The lowest BCUT2D eigenvalue weighted by molar-refractivity contribution is 0.640. The van der Waals surface area contributed by atoms with Gasteiger partial charge in [0.1, 0.15) is 0 Å². The average molecular weight is 151 g/mol. The van der Waals surface area contributed by atoms with Gasteiger partial charge in [0.05, 0.1) is 0 Å². The summed E-state index contributed by atoms with van der Waals surface area (Å²) in [6, 6.07) is 0. The SMILES string of the molecule is C=C(C)NC1=C(C)CCCC1. The van der Waals surface area contributed by atoms with E-state index in [4.69, 9.17) is 0 Å². The van der Waals surface area contributed by atoms with Crippen LogP contribution in [-0.4, -0.2) is 0 Å². The van der Waals surface area contributed by atoms with Gasteiger partial charge < -0.3 is 5.32 Å². The molecule has 0 aromatic carbocycles. The monoisotopic (exact) mass is 151 g/mol. The topological polar surface area (TPSA) is 12.0 Å². The van der Waals surface area contributed by atoms with Crippen LogP contribution >= 0.6 is 0 Å². The minimum Gasteiger partial charge on any atom is -0.363 e. The molecule has 1 rings (SSSR count). The van der Waals surface area contributed by atoms with E-state index in [1.165, 1.54) is 37.0 Å². The Bertz CT molecular complexity index is 189. The molecule has 0 saturated heterocycles. The molecule has 1 nitrogen and oxygen atoms in total. The van der Waals surface area contributed by atoms with Crippen molar-refractivity contribution in [2.45, 2.75) is 39.5 Å². The maximum absolute atomic E-state index is 3.84. The van der Waals surface area contributed by atoms with Crippen LogP contribution in [0.25, 0.3) is 0 Å². The van der Waals surface area contributed by atoms with Crippen LogP contribution in [0.3, 0.4) is 0 Å². The third-order valence-corrected chi connectivity index (χ3v) is 2.11. The first-order valence-electron chi connectivity index (χ1n) is 4.31. The van der Waals surface area contributed by atoms with E-state index in [2.05, 4.69) is 18.8 Å². The summed E-state index contributed by atoms with van der Waals surface area (Å²) in [4.78, 5) is 0. The standard InChI is InChI=1S/C10H17N/c1-8(2)11-10-7-5-4-6-9(10)3/h11H,1,4-7H2,2-3H3. The minimum atomic E-state index is 1.06. The number of nitrogens with one attached hydrogen (secondary N) is 1. The van der Waals surface area contributed by atoms with Crippen LogP contribution in [0.5, 0.6) is 0 Å². The fourth-order valence-electron chi connectivity index (χ4n) is 1.48. The van der Waals surface area contributed by atoms with Crippen molar-refractivity contribution in [1.82, 2.24) is 5.32 Å². The summed E-state index contributed by atoms with van der Waals surface area (Å²) in [6.07, 6.45) is 5.15. The van der Waals surface area contributed by atoms with Crippen molar-refractivity contribution in [1.29, 1.82) is 0 Å². The second kappa shape index (κ2) is 3.61. The number of hydrogen-bond donors (Lipinski definition) is 1. The number of rotatable bonds is 2. The molecule has 1 aliphatic carbocycles. The van der Waals surface area contributed by atoms with E-state index in [9.17, 15) is 0 Å². The van der Waals surface area contributed by atoms with Gasteiger partial charge >= 0.3 is 0 Å². The molecule has 0 fully saturated rings. The van der Waals surface area contributed by atoms with Crippen LogP contribution < -0.4 is 5.32 Å². The molecule has 1 aliphatic rings. The average Bonchev–Trinajstić information content (AvgIpc) is 1.93. The Morgan fingerprint density at radius 2 is 2.00 bits per heavy atom. The van der Waals surface area contributed by atoms with Crippen LogP contribution in [-0.2, 0) is 0 Å². The van der Waals surface area contributed by atoms with Crippen LogP contribution in [0.1, 0.15) is 39.5 Å². The van der Waals surface area contributed by atoms with Gasteiger partial charge in [-0.2, -0.15) is 0 Å². The Morgan fingerprint density at radius 3 is 2.55 bits per heavy atom. The van der Waals surface area contributed by atoms with E-state index in [-0.39, 0.29) is 0 Å². The first-order chi connectivity index (χ1) is 5.20. The zero-order chi connectivity index (χ0) is 8.27. The molecule has 0 heterocycles. The van der Waals surface area contributed by atoms with E-state index in [0.717, 1.165) is 5.70 Å². The Morgan fingerprint density at radius 1 is 1.36 bits per heavy atom. The summed E-state index contributed by atoms with van der Waals surface area (Å²) in [5, 5.41) is 3.32. The Balaban J connectivity index is 2.59. The van der Waals surface area contributed by atoms with Gasteiger partial charge in [0.25, 0.3) is 0 Å². The van der Waals surface area contributed by atoms with Crippen molar-refractivity contribution >= 4 is 0 Å². The summed E-state index contributed by atoms with van der Waals surface area (Å²) in [5.74, 6) is 0. The van der Waals surface area contributed by atoms with Crippen molar-refractivity contribution in [3.05, 3.63) is 23.5 Å². The van der Waals surface area contributed by atoms with Gasteiger partial charge in [0.2, 0.25) is 0 Å². The molecule has 0 atom stereocenters. The van der Waals surface area contributed by atoms with Gasteiger partial charge in [-0.3, -0.25) is 0 Å². The highest BCUT2D eigenvalue weighted by molar-refractivity contribution is 5.16. The first kappa shape index (κ1) is 8.38. The smallest absolute Gasteiger partial charge is 0.0137 e. The molecule has 0 aliphatic heterocycles. The fraction of sp³-hybridized carbons (Fsp3) is 0.600. The lowest BCUT2D eigenvalue weighted by Crippen LogP contribution is -2.14. The van der Waals surface area contributed by atoms with E-state index < -0.39 is 0 Å². The molecule has 0 saturated carbocycles. The van der Waals surface area contributed by atoms with E-state index >= 15 is 0 Å². The Hall–Kier alpha value is -0.720. The van der Waals surface area contributed by atoms with E-state index in [1.807, 2.05) is 6.92 Å².